The normalized spacial score (nSPS) is 14.9. The summed E-state index contributed by atoms with van der Waals surface area (Å²) in [5.41, 5.74) is 1.70. The SMILES string of the molecule is COc1ccc(-n2nc(C(=O)N3CCCCN3C)cc2-c2ccccn2)nn1. The van der Waals surface area contributed by atoms with E-state index in [0.29, 0.717) is 35.3 Å². The summed E-state index contributed by atoms with van der Waals surface area (Å²) >= 11 is 0. The summed E-state index contributed by atoms with van der Waals surface area (Å²) in [6, 6.07) is 10.8. The van der Waals surface area contributed by atoms with E-state index in [1.165, 1.54) is 7.11 Å². The van der Waals surface area contributed by atoms with E-state index in [-0.39, 0.29) is 5.91 Å². The molecule has 3 aromatic rings. The highest BCUT2D eigenvalue weighted by Crippen LogP contribution is 2.23. The minimum atomic E-state index is -0.139. The number of amides is 1. The number of aromatic nitrogens is 5. The number of hydrazine groups is 1. The third-order valence-corrected chi connectivity index (χ3v) is 4.66. The van der Waals surface area contributed by atoms with E-state index in [9.17, 15) is 4.79 Å². The number of carbonyl (C=O) groups excluding carboxylic acids is 1. The van der Waals surface area contributed by atoms with Crippen LogP contribution in [0.4, 0.5) is 0 Å². The molecule has 1 aliphatic rings. The molecule has 0 N–H and O–H groups in total. The molecule has 0 radical (unpaired) electrons. The van der Waals surface area contributed by atoms with Crippen LogP contribution in [0, 0.1) is 0 Å². The van der Waals surface area contributed by atoms with Gasteiger partial charge in [0.05, 0.1) is 18.5 Å². The minimum Gasteiger partial charge on any atom is -0.480 e. The van der Waals surface area contributed by atoms with Crippen LogP contribution in [0.15, 0.2) is 42.6 Å². The molecule has 1 fully saturated rings. The van der Waals surface area contributed by atoms with Gasteiger partial charge in [-0.15, -0.1) is 10.2 Å². The topological polar surface area (TPSA) is 89.3 Å². The van der Waals surface area contributed by atoms with Gasteiger partial charge in [-0.25, -0.2) is 9.69 Å². The molecule has 144 valence electrons. The Morgan fingerprint density at radius 3 is 2.64 bits per heavy atom. The van der Waals surface area contributed by atoms with E-state index in [2.05, 4.69) is 20.3 Å². The first-order valence-electron chi connectivity index (χ1n) is 9.10. The number of methoxy groups -OCH3 is 1. The smallest absolute Gasteiger partial charge is 0.288 e. The van der Waals surface area contributed by atoms with Crippen LogP contribution in [-0.2, 0) is 0 Å². The highest BCUT2D eigenvalue weighted by Gasteiger charge is 2.26. The van der Waals surface area contributed by atoms with Crippen LogP contribution in [0.25, 0.3) is 17.2 Å². The predicted molar refractivity (Wildman–Crippen MR) is 102 cm³/mol. The zero-order valence-electron chi connectivity index (χ0n) is 15.8. The summed E-state index contributed by atoms with van der Waals surface area (Å²) in [5, 5.41) is 16.4. The second-order valence-corrected chi connectivity index (χ2v) is 6.49. The van der Waals surface area contributed by atoms with Crippen LogP contribution in [-0.4, -0.2) is 68.1 Å². The van der Waals surface area contributed by atoms with Crippen LogP contribution < -0.4 is 4.74 Å². The van der Waals surface area contributed by atoms with Crippen LogP contribution >= 0.6 is 0 Å². The highest BCUT2D eigenvalue weighted by molar-refractivity contribution is 5.93. The highest BCUT2D eigenvalue weighted by atomic mass is 16.5. The number of hydrogen-bond acceptors (Lipinski definition) is 7. The molecule has 3 aromatic heterocycles. The molecule has 0 atom stereocenters. The van der Waals surface area contributed by atoms with Crippen molar-refractivity contribution in [2.24, 2.45) is 0 Å². The zero-order chi connectivity index (χ0) is 19.5. The van der Waals surface area contributed by atoms with E-state index in [0.717, 1.165) is 19.4 Å². The first-order chi connectivity index (χ1) is 13.7. The van der Waals surface area contributed by atoms with Crippen molar-refractivity contribution in [1.29, 1.82) is 0 Å². The van der Waals surface area contributed by atoms with E-state index < -0.39 is 0 Å². The molecule has 0 aromatic carbocycles. The average molecular weight is 379 g/mol. The van der Waals surface area contributed by atoms with Crippen LogP contribution in [0.3, 0.4) is 0 Å². The Hall–Kier alpha value is -3.33. The number of pyridine rings is 1. The average Bonchev–Trinajstić information content (AvgIpc) is 3.20. The fourth-order valence-electron chi connectivity index (χ4n) is 3.17. The third kappa shape index (κ3) is 3.44. The summed E-state index contributed by atoms with van der Waals surface area (Å²) in [6.07, 6.45) is 3.76. The van der Waals surface area contributed by atoms with Crippen molar-refractivity contribution in [3.8, 4) is 23.1 Å². The van der Waals surface area contributed by atoms with Gasteiger partial charge in [0.1, 0.15) is 0 Å². The third-order valence-electron chi connectivity index (χ3n) is 4.66. The lowest BCUT2D eigenvalue weighted by atomic mass is 10.2. The minimum absolute atomic E-state index is 0.139. The lowest BCUT2D eigenvalue weighted by Gasteiger charge is -2.35. The van der Waals surface area contributed by atoms with Gasteiger partial charge in [-0.1, -0.05) is 6.07 Å². The molecule has 9 heteroatoms. The number of ether oxygens (including phenoxy) is 1. The number of nitrogens with zero attached hydrogens (tertiary/aromatic N) is 7. The standard InChI is InChI=1S/C19H21N7O2/c1-24-11-5-6-12-25(24)19(27)15-13-16(14-7-3-4-10-20-14)26(23-15)17-8-9-18(28-2)22-21-17/h3-4,7-10,13H,5-6,11-12H2,1-2H3. The first-order valence-corrected chi connectivity index (χ1v) is 9.10. The second-order valence-electron chi connectivity index (χ2n) is 6.49. The summed E-state index contributed by atoms with van der Waals surface area (Å²) < 4.78 is 6.66. The maximum absolute atomic E-state index is 13.1. The quantitative estimate of drug-likeness (QED) is 0.683. The summed E-state index contributed by atoms with van der Waals surface area (Å²) in [7, 11) is 3.45. The Labute approximate surface area is 162 Å². The Morgan fingerprint density at radius 2 is 1.96 bits per heavy atom. The van der Waals surface area contributed by atoms with Gasteiger partial charge < -0.3 is 4.74 Å². The van der Waals surface area contributed by atoms with Gasteiger partial charge in [-0.3, -0.25) is 14.8 Å². The van der Waals surface area contributed by atoms with Crippen molar-refractivity contribution in [3.63, 3.8) is 0 Å². The Kier molecular flexibility index (Phi) is 4.98. The van der Waals surface area contributed by atoms with Gasteiger partial charge in [0.15, 0.2) is 11.5 Å². The van der Waals surface area contributed by atoms with Crippen molar-refractivity contribution in [2.75, 3.05) is 27.2 Å². The molecule has 0 bridgehead atoms. The van der Waals surface area contributed by atoms with E-state index in [4.69, 9.17) is 4.74 Å². The molecule has 0 aliphatic carbocycles. The maximum Gasteiger partial charge on any atom is 0.288 e. The molecular weight excluding hydrogens is 358 g/mol. The second kappa shape index (κ2) is 7.73. The summed E-state index contributed by atoms with van der Waals surface area (Å²) in [4.78, 5) is 17.5. The van der Waals surface area contributed by atoms with Gasteiger partial charge in [-0.05, 0) is 37.1 Å². The molecule has 28 heavy (non-hydrogen) atoms. The van der Waals surface area contributed by atoms with Crippen LogP contribution in [0.1, 0.15) is 23.3 Å². The van der Waals surface area contributed by atoms with Crippen molar-refractivity contribution < 1.29 is 9.53 Å². The molecule has 4 rings (SSSR count). The van der Waals surface area contributed by atoms with E-state index >= 15 is 0 Å². The van der Waals surface area contributed by atoms with Crippen molar-refractivity contribution >= 4 is 5.91 Å². The van der Waals surface area contributed by atoms with E-state index in [1.807, 2.05) is 30.3 Å². The number of carbonyl (C=O) groups is 1. The number of rotatable bonds is 4. The van der Waals surface area contributed by atoms with Gasteiger partial charge in [0, 0.05) is 32.4 Å². The Bertz CT molecular complexity index is 956. The monoisotopic (exact) mass is 379 g/mol. The molecule has 4 heterocycles. The lowest BCUT2D eigenvalue weighted by molar-refractivity contribution is -0.0118. The number of hydrogen-bond donors (Lipinski definition) is 0. The fourth-order valence-corrected chi connectivity index (χ4v) is 3.17. The molecule has 0 unspecified atom stereocenters. The van der Waals surface area contributed by atoms with Crippen LogP contribution in [0.5, 0.6) is 5.88 Å². The lowest BCUT2D eigenvalue weighted by Crippen LogP contribution is -2.48. The molecule has 0 spiro atoms. The molecule has 1 amide bonds. The van der Waals surface area contributed by atoms with Crippen molar-refractivity contribution in [2.45, 2.75) is 12.8 Å². The summed E-state index contributed by atoms with van der Waals surface area (Å²) in [6.45, 7) is 1.53. The Morgan fingerprint density at radius 1 is 1.11 bits per heavy atom. The van der Waals surface area contributed by atoms with Crippen molar-refractivity contribution in [1.82, 2.24) is 35.0 Å². The molecule has 0 saturated carbocycles. The fraction of sp³-hybridized carbons (Fsp3) is 0.316. The Balaban J connectivity index is 1.76. The zero-order valence-corrected chi connectivity index (χ0v) is 15.8. The summed E-state index contributed by atoms with van der Waals surface area (Å²) in [5.74, 6) is 0.744. The molecule has 9 nitrogen and oxygen atoms in total. The molecule has 1 saturated heterocycles. The van der Waals surface area contributed by atoms with Gasteiger partial charge in [0.2, 0.25) is 5.88 Å². The first kappa shape index (κ1) is 18.1. The van der Waals surface area contributed by atoms with Gasteiger partial charge in [0.25, 0.3) is 5.91 Å². The van der Waals surface area contributed by atoms with Crippen molar-refractivity contribution in [3.05, 3.63) is 48.3 Å². The molecular formula is C19H21N7O2. The maximum atomic E-state index is 13.1. The van der Waals surface area contributed by atoms with Gasteiger partial charge in [-0.2, -0.15) is 5.10 Å². The largest absolute Gasteiger partial charge is 0.480 e. The molecule has 1 aliphatic heterocycles. The predicted octanol–water partition coefficient (Wildman–Crippen LogP) is 1.82. The van der Waals surface area contributed by atoms with E-state index in [1.54, 1.807) is 34.1 Å². The van der Waals surface area contributed by atoms with Crippen LogP contribution in [0.2, 0.25) is 0 Å². The van der Waals surface area contributed by atoms with Gasteiger partial charge >= 0.3 is 0 Å².